The minimum atomic E-state index is -0.586. The second-order valence-corrected chi connectivity index (χ2v) is 12.9. The van der Waals surface area contributed by atoms with Crippen LogP contribution in [0.15, 0.2) is 133 Å². The van der Waals surface area contributed by atoms with Gasteiger partial charge in [-0.1, -0.05) is 83.9 Å². The van der Waals surface area contributed by atoms with Gasteiger partial charge < -0.3 is 43.5 Å². The fourth-order valence-electron chi connectivity index (χ4n) is 5.60. The van der Waals surface area contributed by atoms with Gasteiger partial charge in [0.1, 0.15) is 11.5 Å². The summed E-state index contributed by atoms with van der Waals surface area (Å²) in [7, 11) is 0. The van der Waals surface area contributed by atoms with Crippen molar-refractivity contribution in [1.29, 1.82) is 0 Å². The summed E-state index contributed by atoms with van der Waals surface area (Å²) in [6, 6.07) is 40.8. The maximum absolute atomic E-state index is 10.9. The largest absolute Gasteiger partial charge is 1.00 e. The number of amides is 4. The first-order valence-corrected chi connectivity index (χ1v) is 17.9. The number of carbonyl (C=O) groups is 3. The van der Waals surface area contributed by atoms with E-state index in [9.17, 15) is 14.7 Å². The van der Waals surface area contributed by atoms with E-state index in [0.29, 0.717) is 34.4 Å². The molecule has 0 atom stereocenters. The van der Waals surface area contributed by atoms with Crippen molar-refractivity contribution in [3.63, 3.8) is 0 Å². The fraction of sp³-hybridized carbons (Fsp3) is 0.0930. The Morgan fingerprint density at radius 1 is 0.672 bits per heavy atom. The Hall–Kier alpha value is -3.26. The Morgan fingerprint density at radius 2 is 1.09 bits per heavy atom. The smallest absolute Gasteiger partial charge is 1.00 e. The van der Waals surface area contributed by atoms with Gasteiger partial charge in [0.2, 0.25) is 0 Å². The van der Waals surface area contributed by atoms with Crippen molar-refractivity contribution in [3.05, 3.63) is 166 Å². The van der Waals surface area contributed by atoms with Crippen molar-refractivity contribution >= 4 is 53.1 Å². The third kappa shape index (κ3) is 17.1. The second-order valence-electron chi connectivity index (χ2n) is 12.1. The number of nitrogens with one attached hydrogen (secondary N) is 2. The Kier molecular flexibility index (Phi) is 23.5. The van der Waals surface area contributed by atoms with Crippen LogP contribution in [0.1, 0.15) is 30.6 Å². The van der Waals surface area contributed by atoms with Crippen LogP contribution in [0.4, 0.5) is 21.0 Å². The van der Waals surface area contributed by atoms with E-state index in [-0.39, 0.29) is 116 Å². The molecule has 6 rings (SSSR count). The van der Waals surface area contributed by atoms with Gasteiger partial charge in [-0.25, -0.2) is 9.59 Å². The van der Waals surface area contributed by atoms with Crippen LogP contribution in [0.25, 0.3) is 22.3 Å². The molecule has 6 aromatic carbocycles. The molecule has 7 N–H and O–H groups in total. The molecule has 4 amide bonds. The SMILES string of the molecule is CCOc1ccc(Cc2ccc(NC(N)=O)cc2)cc1-c1cccc(Cl)c1.NC(=O)Nc1ccc(Cc2ccc(O)c(-c3cccc(Cl)c3)c2)cc1.O=CO[O-].[H-].[K+].[K+]. The summed E-state index contributed by atoms with van der Waals surface area (Å²) in [5.74, 6) is 1.05. The van der Waals surface area contributed by atoms with Crippen molar-refractivity contribution < 1.29 is 139 Å². The zero-order valence-corrected chi connectivity index (χ0v) is 40.0. The normalized spacial score (nSPS) is 9.72. The first-order valence-electron chi connectivity index (χ1n) is 17.1. The molecular formula is C43H40Cl2K2N4O7. The van der Waals surface area contributed by atoms with Crippen LogP contribution in [0, 0.1) is 0 Å². The second kappa shape index (κ2) is 26.8. The summed E-state index contributed by atoms with van der Waals surface area (Å²) in [6.45, 7) is 2.39. The van der Waals surface area contributed by atoms with Gasteiger partial charge in [-0.3, -0.25) is 4.79 Å². The number of carbonyl (C=O) groups excluding carboxylic acids is 3. The standard InChI is InChI=1S/C22H21ClN2O2.C20H17ClN2O2.CH2O3.2K.H/c1-2-27-21-11-8-16(13-20(21)17-4-3-5-18(23)14-17)12-15-6-9-19(10-7-15)25-22(24)26;21-16-3-1-2-15(12-16)18-11-14(6-9-19(18)24)10-13-4-7-17(8-5-13)23-20(22)25;2-1-4-3;;;/h3-11,13-14H,2,12H2,1H3,(H3,24,25,26);1-9,11-12,24H,10H2,(H3,22,23,25);1,3H;;;/q;;;2*+1;-1/p-1. The Bertz CT molecular complexity index is 2250. The zero-order valence-electron chi connectivity index (χ0n) is 33.2. The number of halogens is 2. The molecule has 0 aromatic heterocycles. The molecule has 58 heavy (non-hydrogen) atoms. The van der Waals surface area contributed by atoms with Crippen molar-refractivity contribution in [2.75, 3.05) is 17.2 Å². The number of benzene rings is 6. The van der Waals surface area contributed by atoms with E-state index in [1.165, 1.54) is 0 Å². The number of ether oxygens (including phenoxy) is 1. The molecule has 0 spiro atoms. The molecule has 11 nitrogen and oxygen atoms in total. The van der Waals surface area contributed by atoms with Gasteiger partial charge in [0.25, 0.3) is 6.47 Å². The molecule has 0 bridgehead atoms. The van der Waals surface area contributed by atoms with Crippen molar-refractivity contribution in [2.45, 2.75) is 19.8 Å². The van der Waals surface area contributed by atoms with Gasteiger partial charge in [-0.15, -0.1) is 0 Å². The van der Waals surface area contributed by atoms with Crippen LogP contribution in [0.3, 0.4) is 0 Å². The molecule has 0 aliphatic carbocycles. The van der Waals surface area contributed by atoms with E-state index in [0.717, 1.165) is 56.7 Å². The first-order chi connectivity index (χ1) is 27.0. The summed E-state index contributed by atoms with van der Waals surface area (Å²) in [6.07, 6.45) is 1.46. The number of rotatable bonds is 11. The van der Waals surface area contributed by atoms with E-state index in [1.54, 1.807) is 24.3 Å². The van der Waals surface area contributed by atoms with E-state index < -0.39 is 12.1 Å². The predicted octanol–water partition coefficient (Wildman–Crippen LogP) is 2.84. The molecule has 290 valence electrons. The molecule has 15 heteroatoms. The molecule has 0 fully saturated rings. The summed E-state index contributed by atoms with van der Waals surface area (Å²) in [4.78, 5) is 33.0. The molecule has 0 unspecified atom stereocenters. The molecular weight excluding hydrogens is 834 g/mol. The number of phenolic OH excluding ortho intramolecular Hbond substituents is 1. The fourth-order valence-corrected chi connectivity index (χ4v) is 5.98. The number of urea groups is 2. The van der Waals surface area contributed by atoms with Gasteiger partial charge in [0.05, 0.1) is 6.61 Å². The van der Waals surface area contributed by atoms with Crippen LogP contribution in [0.5, 0.6) is 11.5 Å². The average Bonchev–Trinajstić information content (AvgIpc) is 3.18. The minimum Gasteiger partial charge on any atom is -1.00 e. The third-order valence-electron chi connectivity index (χ3n) is 7.97. The van der Waals surface area contributed by atoms with Crippen LogP contribution in [-0.4, -0.2) is 30.2 Å². The summed E-state index contributed by atoms with van der Waals surface area (Å²) < 4.78 is 5.79. The molecule has 0 aliphatic rings. The monoisotopic (exact) mass is 872 g/mol. The van der Waals surface area contributed by atoms with Gasteiger partial charge in [-0.2, -0.15) is 0 Å². The number of primary amides is 2. The zero-order chi connectivity index (χ0) is 40.5. The molecule has 0 heterocycles. The first kappa shape index (κ1) is 50.9. The van der Waals surface area contributed by atoms with Crippen LogP contribution < -0.4 is 135 Å². The Balaban J connectivity index is 0.000000518. The summed E-state index contributed by atoms with van der Waals surface area (Å²) >= 11 is 12.2. The minimum absolute atomic E-state index is 0. The van der Waals surface area contributed by atoms with Gasteiger partial charge >= 0.3 is 115 Å². The van der Waals surface area contributed by atoms with E-state index in [1.807, 2.05) is 104 Å². The van der Waals surface area contributed by atoms with Crippen molar-refractivity contribution in [1.82, 2.24) is 0 Å². The molecule has 0 radical (unpaired) electrons. The number of hydrogen-bond acceptors (Lipinski definition) is 7. The van der Waals surface area contributed by atoms with Crippen LogP contribution in [-0.2, 0) is 22.5 Å². The summed E-state index contributed by atoms with van der Waals surface area (Å²) in [5, 5.41) is 25.0. The number of hydrogen-bond donors (Lipinski definition) is 5. The van der Waals surface area contributed by atoms with Gasteiger partial charge in [-0.05, 0) is 126 Å². The van der Waals surface area contributed by atoms with E-state index >= 15 is 0 Å². The van der Waals surface area contributed by atoms with Gasteiger partial charge in [0.15, 0.2) is 0 Å². The van der Waals surface area contributed by atoms with Crippen LogP contribution >= 0.6 is 23.2 Å². The van der Waals surface area contributed by atoms with E-state index in [2.05, 4.69) is 27.7 Å². The maximum atomic E-state index is 10.9. The number of phenols is 1. The number of aromatic hydroxyl groups is 1. The molecule has 0 saturated heterocycles. The summed E-state index contributed by atoms with van der Waals surface area (Å²) in [5.41, 5.74) is 19.6. The molecule has 0 saturated carbocycles. The van der Waals surface area contributed by atoms with Crippen molar-refractivity contribution in [2.24, 2.45) is 11.5 Å². The van der Waals surface area contributed by atoms with Crippen LogP contribution in [0.2, 0.25) is 10.0 Å². The molecule has 6 aromatic rings. The average molecular weight is 874 g/mol. The Labute approximate surface area is 433 Å². The topological polar surface area (TPSA) is 189 Å². The predicted molar refractivity (Wildman–Crippen MR) is 220 cm³/mol. The quantitative estimate of drug-likeness (QED) is 0.0573. The third-order valence-corrected chi connectivity index (χ3v) is 8.44. The van der Waals surface area contributed by atoms with E-state index in [4.69, 9.17) is 49.5 Å². The van der Waals surface area contributed by atoms with Crippen molar-refractivity contribution in [3.8, 4) is 33.8 Å². The number of nitrogens with two attached hydrogens (primary N) is 2. The number of anilines is 2. The molecule has 0 aliphatic heterocycles. The van der Waals surface area contributed by atoms with Gasteiger partial charge in [0, 0.05) is 32.5 Å². The Morgan fingerprint density at radius 3 is 1.50 bits per heavy atom. The maximum Gasteiger partial charge on any atom is 1.00 e.